The molecule has 0 saturated carbocycles. The topological polar surface area (TPSA) is 67.9 Å². The lowest BCUT2D eigenvalue weighted by Gasteiger charge is -2.18. The predicted octanol–water partition coefficient (Wildman–Crippen LogP) is 2.45. The van der Waals surface area contributed by atoms with Gasteiger partial charge in [0.1, 0.15) is 5.60 Å². The number of hydroxylamine groups is 2. The van der Waals surface area contributed by atoms with E-state index >= 15 is 0 Å². The van der Waals surface area contributed by atoms with E-state index in [2.05, 4.69) is 0 Å². The third-order valence-electron chi connectivity index (χ3n) is 2.18. The van der Waals surface area contributed by atoms with Gasteiger partial charge in [-0.3, -0.25) is 0 Å². The van der Waals surface area contributed by atoms with Crippen LogP contribution in [-0.4, -0.2) is 16.8 Å². The summed E-state index contributed by atoms with van der Waals surface area (Å²) in [6.45, 7) is 5.44. The zero-order chi connectivity index (χ0) is 12.6. The number of hydrogen-bond donors (Lipinski definition) is 1. The molecular weight excluding hydrogens is 220 g/mol. The molecule has 1 unspecified atom stereocenters. The van der Waals surface area contributed by atoms with E-state index in [1.54, 1.807) is 12.1 Å². The van der Waals surface area contributed by atoms with Gasteiger partial charge in [0.2, 0.25) is 6.23 Å². The number of nitrogens with zero attached hydrogens (tertiary/aromatic N) is 1. The van der Waals surface area contributed by atoms with E-state index in [0.29, 0.717) is 5.69 Å². The van der Waals surface area contributed by atoms with Crippen molar-refractivity contribution in [2.24, 2.45) is 0 Å². The molecule has 2 N–H and O–H groups in total. The van der Waals surface area contributed by atoms with Crippen LogP contribution in [-0.2, 0) is 9.57 Å². The fourth-order valence-corrected chi connectivity index (χ4v) is 1.38. The van der Waals surface area contributed by atoms with E-state index in [1.807, 2.05) is 32.9 Å². The maximum atomic E-state index is 11.6. The van der Waals surface area contributed by atoms with Crippen molar-refractivity contribution < 1.29 is 14.4 Å². The summed E-state index contributed by atoms with van der Waals surface area (Å²) in [6.07, 6.45) is -0.829. The lowest BCUT2D eigenvalue weighted by Crippen LogP contribution is -2.27. The Morgan fingerprint density at radius 2 is 1.94 bits per heavy atom. The number of anilines is 1. The van der Waals surface area contributed by atoms with Crippen LogP contribution in [0.4, 0.5) is 10.5 Å². The minimum absolute atomic E-state index is 0.356. The second kappa shape index (κ2) is 3.92. The molecule has 0 radical (unpaired) electrons. The van der Waals surface area contributed by atoms with Crippen LogP contribution in [0.3, 0.4) is 0 Å². The molecular formula is C12H16N2O3. The Kier molecular flexibility index (Phi) is 2.71. The SMILES string of the molecule is CC(C)(C)OC(=O)N1OC1c1ccc(N)cc1. The van der Waals surface area contributed by atoms with Crippen LogP contribution < -0.4 is 5.73 Å². The first-order valence-corrected chi connectivity index (χ1v) is 5.41. The summed E-state index contributed by atoms with van der Waals surface area (Å²) >= 11 is 0. The van der Waals surface area contributed by atoms with Crippen LogP contribution in [0.2, 0.25) is 0 Å². The van der Waals surface area contributed by atoms with E-state index in [-0.39, 0.29) is 6.23 Å². The molecule has 1 aromatic carbocycles. The highest BCUT2D eigenvalue weighted by molar-refractivity contribution is 5.69. The van der Waals surface area contributed by atoms with Gasteiger partial charge in [-0.05, 0) is 32.9 Å². The van der Waals surface area contributed by atoms with Crippen molar-refractivity contribution in [2.75, 3.05) is 5.73 Å². The van der Waals surface area contributed by atoms with Crippen molar-refractivity contribution in [3.8, 4) is 0 Å². The summed E-state index contributed by atoms with van der Waals surface area (Å²) in [5.74, 6) is 0. The molecule has 1 fully saturated rings. The summed E-state index contributed by atoms with van der Waals surface area (Å²) in [4.78, 5) is 16.8. The zero-order valence-electron chi connectivity index (χ0n) is 10.1. The first-order chi connectivity index (χ1) is 7.87. The van der Waals surface area contributed by atoms with Crippen molar-refractivity contribution >= 4 is 11.8 Å². The fraction of sp³-hybridized carbons (Fsp3) is 0.417. The number of rotatable bonds is 1. The summed E-state index contributed by atoms with van der Waals surface area (Å²) in [5.41, 5.74) is 6.62. The molecule has 5 heteroatoms. The average Bonchev–Trinajstić information content (AvgIpc) is 2.96. The van der Waals surface area contributed by atoms with Crippen LogP contribution in [0.25, 0.3) is 0 Å². The minimum Gasteiger partial charge on any atom is -0.442 e. The first kappa shape index (κ1) is 11.7. The Hall–Kier alpha value is -1.75. The standard InChI is InChI=1S/C12H16N2O3/c1-12(2,3)16-11(15)14-10(17-14)8-4-6-9(13)7-5-8/h4-7,10H,13H2,1-3H3. The Labute approximate surface area is 100 Å². The molecule has 1 atom stereocenters. The van der Waals surface area contributed by atoms with E-state index < -0.39 is 11.7 Å². The Balaban J connectivity index is 1.96. The van der Waals surface area contributed by atoms with Gasteiger partial charge >= 0.3 is 6.09 Å². The van der Waals surface area contributed by atoms with Crippen LogP contribution in [0.5, 0.6) is 0 Å². The van der Waals surface area contributed by atoms with Gasteiger partial charge in [0.15, 0.2) is 0 Å². The van der Waals surface area contributed by atoms with Gasteiger partial charge in [-0.25, -0.2) is 9.63 Å². The molecule has 0 aromatic heterocycles. The van der Waals surface area contributed by atoms with Crippen LogP contribution >= 0.6 is 0 Å². The lowest BCUT2D eigenvalue weighted by atomic mass is 10.2. The first-order valence-electron chi connectivity index (χ1n) is 5.41. The largest absolute Gasteiger partial charge is 0.442 e. The fourth-order valence-electron chi connectivity index (χ4n) is 1.38. The zero-order valence-corrected chi connectivity index (χ0v) is 10.1. The van der Waals surface area contributed by atoms with Gasteiger partial charge in [-0.1, -0.05) is 12.1 Å². The number of amides is 1. The van der Waals surface area contributed by atoms with Crippen molar-refractivity contribution in [2.45, 2.75) is 32.6 Å². The summed E-state index contributed by atoms with van der Waals surface area (Å²) < 4.78 is 5.17. The highest BCUT2D eigenvalue weighted by Crippen LogP contribution is 2.38. The average molecular weight is 236 g/mol. The number of nitrogen functional groups attached to an aromatic ring is 1. The number of benzene rings is 1. The molecule has 0 aliphatic carbocycles. The molecule has 1 amide bonds. The predicted molar refractivity (Wildman–Crippen MR) is 62.8 cm³/mol. The third-order valence-corrected chi connectivity index (χ3v) is 2.18. The van der Waals surface area contributed by atoms with Gasteiger partial charge in [0.25, 0.3) is 0 Å². The lowest BCUT2D eigenvalue weighted by molar-refractivity contribution is 0.0209. The van der Waals surface area contributed by atoms with E-state index in [0.717, 1.165) is 5.56 Å². The van der Waals surface area contributed by atoms with Crippen LogP contribution in [0.1, 0.15) is 32.6 Å². The molecule has 1 heterocycles. The van der Waals surface area contributed by atoms with Gasteiger partial charge in [-0.15, -0.1) is 5.06 Å². The maximum Gasteiger partial charge on any atom is 0.437 e. The number of carbonyl (C=O) groups is 1. The minimum atomic E-state index is -0.519. The van der Waals surface area contributed by atoms with E-state index in [4.69, 9.17) is 15.3 Å². The highest BCUT2D eigenvalue weighted by atomic mass is 16.9. The van der Waals surface area contributed by atoms with Crippen molar-refractivity contribution in [3.05, 3.63) is 29.8 Å². The number of nitrogens with two attached hydrogens (primary N) is 1. The van der Waals surface area contributed by atoms with Gasteiger partial charge < -0.3 is 10.5 Å². The monoisotopic (exact) mass is 236 g/mol. The molecule has 2 rings (SSSR count). The molecule has 17 heavy (non-hydrogen) atoms. The Morgan fingerprint density at radius 3 is 2.47 bits per heavy atom. The van der Waals surface area contributed by atoms with Crippen LogP contribution in [0, 0.1) is 0 Å². The normalized spacial score (nSPS) is 19.0. The van der Waals surface area contributed by atoms with E-state index in [9.17, 15) is 4.79 Å². The Morgan fingerprint density at radius 1 is 1.35 bits per heavy atom. The quantitative estimate of drug-likeness (QED) is 0.600. The second-order valence-electron chi connectivity index (χ2n) is 4.93. The molecule has 1 aromatic rings. The molecule has 0 spiro atoms. The summed E-state index contributed by atoms with van der Waals surface area (Å²) in [7, 11) is 0. The number of carbonyl (C=O) groups excluding carboxylic acids is 1. The van der Waals surface area contributed by atoms with Crippen LogP contribution in [0.15, 0.2) is 24.3 Å². The Bertz CT molecular complexity index is 422. The second-order valence-corrected chi connectivity index (χ2v) is 4.93. The molecule has 1 saturated heterocycles. The maximum absolute atomic E-state index is 11.6. The number of hydrogen-bond acceptors (Lipinski definition) is 4. The highest BCUT2D eigenvalue weighted by Gasteiger charge is 2.45. The van der Waals surface area contributed by atoms with Crippen molar-refractivity contribution in [3.63, 3.8) is 0 Å². The molecule has 92 valence electrons. The smallest absolute Gasteiger partial charge is 0.437 e. The molecule has 5 nitrogen and oxygen atoms in total. The third kappa shape index (κ3) is 2.88. The molecule has 0 bridgehead atoms. The summed E-state index contributed by atoms with van der Waals surface area (Å²) in [6, 6.07) is 7.18. The van der Waals surface area contributed by atoms with Crippen molar-refractivity contribution in [1.29, 1.82) is 0 Å². The summed E-state index contributed by atoms with van der Waals surface area (Å²) in [5, 5.41) is 1.21. The molecule has 1 aliphatic rings. The van der Waals surface area contributed by atoms with Gasteiger partial charge in [-0.2, -0.15) is 0 Å². The van der Waals surface area contributed by atoms with Gasteiger partial charge in [0.05, 0.1) is 0 Å². The van der Waals surface area contributed by atoms with Gasteiger partial charge in [0, 0.05) is 11.3 Å². The van der Waals surface area contributed by atoms with Crippen molar-refractivity contribution in [1.82, 2.24) is 5.06 Å². The van der Waals surface area contributed by atoms with E-state index in [1.165, 1.54) is 5.06 Å². The molecule has 1 aliphatic heterocycles. The number of ether oxygens (including phenoxy) is 1.